The van der Waals surface area contributed by atoms with Crippen molar-refractivity contribution in [2.75, 3.05) is 0 Å². The number of aliphatic hydroxyl groups is 1. The highest BCUT2D eigenvalue weighted by atomic mass is 16.3. The third-order valence-corrected chi connectivity index (χ3v) is 9.53. The second kappa shape index (κ2) is 13.9. The number of nitrogens with zero attached hydrogens (tertiary/aromatic N) is 10. The van der Waals surface area contributed by atoms with E-state index in [1.54, 1.807) is 21.5 Å². The first kappa shape index (κ1) is 34.6. The molecule has 0 spiro atoms. The van der Waals surface area contributed by atoms with Crippen molar-refractivity contribution in [1.29, 1.82) is 0 Å². The Balaban J connectivity index is 1.41. The van der Waals surface area contributed by atoms with Crippen LogP contribution in [0.2, 0.25) is 0 Å². The number of hydrogen-bond acceptors (Lipinski definition) is 5. The highest BCUT2D eigenvalue weighted by Gasteiger charge is 2.23. The fourth-order valence-corrected chi connectivity index (χ4v) is 7.02. The average Bonchev–Trinajstić information content (AvgIpc) is 3.84. The van der Waals surface area contributed by atoms with Gasteiger partial charge in [0.1, 0.15) is 11.4 Å². The molecule has 4 aromatic heterocycles. The van der Waals surface area contributed by atoms with Gasteiger partial charge in [0.05, 0.1) is 40.1 Å². The van der Waals surface area contributed by atoms with E-state index in [0.29, 0.717) is 42.1 Å². The van der Waals surface area contributed by atoms with E-state index >= 15 is 0 Å². The van der Waals surface area contributed by atoms with E-state index in [1.165, 1.54) is 0 Å². The van der Waals surface area contributed by atoms with Crippen molar-refractivity contribution in [2.45, 2.75) is 86.2 Å². The summed E-state index contributed by atoms with van der Waals surface area (Å²) in [5.41, 5.74) is 7.88. The number of aryl methyl sites for hydroxylation is 6. The lowest BCUT2D eigenvalue weighted by molar-refractivity contribution is 0.0977. The van der Waals surface area contributed by atoms with E-state index in [1.807, 2.05) is 87.3 Å². The molecule has 0 saturated heterocycles. The number of hydrogen-bond donors (Lipinski definition) is 1. The van der Waals surface area contributed by atoms with Crippen molar-refractivity contribution in [3.63, 3.8) is 0 Å². The third-order valence-electron chi connectivity index (χ3n) is 9.53. The van der Waals surface area contributed by atoms with Crippen LogP contribution in [0, 0.1) is 13.8 Å². The number of benzene rings is 2. The van der Waals surface area contributed by atoms with Crippen molar-refractivity contribution < 1.29 is 14.7 Å². The maximum absolute atomic E-state index is 13.7. The van der Waals surface area contributed by atoms with Gasteiger partial charge in [-0.3, -0.25) is 19.0 Å². The van der Waals surface area contributed by atoms with Crippen molar-refractivity contribution in [2.24, 2.45) is 24.1 Å². The summed E-state index contributed by atoms with van der Waals surface area (Å²) in [7, 11) is 3.83. The van der Waals surface area contributed by atoms with Gasteiger partial charge >= 0.3 is 0 Å². The summed E-state index contributed by atoms with van der Waals surface area (Å²) < 4.78 is 11.4. The summed E-state index contributed by atoms with van der Waals surface area (Å²) in [6, 6.07) is 17.2. The second-order valence-electron chi connectivity index (χ2n) is 13.0. The Morgan fingerprint density at radius 3 is 1.74 bits per heavy atom. The van der Waals surface area contributed by atoms with E-state index in [4.69, 9.17) is 0 Å². The van der Waals surface area contributed by atoms with Gasteiger partial charge in [-0.2, -0.15) is 20.2 Å². The van der Waals surface area contributed by atoms with E-state index in [2.05, 4.69) is 49.2 Å². The number of imidazole rings is 2. The van der Waals surface area contributed by atoms with Gasteiger partial charge in [0.15, 0.2) is 0 Å². The number of fused-ring (bicyclic) bond motifs is 2. The second-order valence-corrected chi connectivity index (χ2v) is 13.0. The minimum atomic E-state index is -0.375. The molecule has 6 rings (SSSR count). The molecule has 2 aromatic carbocycles. The van der Waals surface area contributed by atoms with Crippen molar-refractivity contribution in [3.8, 4) is 0 Å². The number of aliphatic hydroxyl groups excluding tert-OH is 1. The number of carbonyl (C=O) groups excluding carboxylic acids is 2. The van der Waals surface area contributed by atoms with Crippen LogP contribution in [0.4, 0.5) is 0 Å². The Hall–Kier alpha value is -5.30. The van der Waals surface area contributed by atoms with E-state index < -0.39 is 0 Å². The molecule has 1 N–H and O–H groups in total. The van der Waals surface area contributed by atoms with Gasteiger partial charge in [-0.25, -0.2) is 0 Å². The lowest BCUT2D eigenvalue weighted by Gasteiger charge is -2.20. The van der Waals surface area contributed by atoms with Crippen molar-refractivity contribution in [3.05, 3.63) is 94.2 Å². The Labute approximate surface area is 290 Å². The van der Waals surface area contributed by atoms with Crippen molar-refractivity contribution >= 4 is 33.9 Å². The van der Waals surface area contributed by atoms with Crippen LogP contribution in [-0.4, -0.2) is 54.8 Å². The Bertz CT molecular complexity index is 2380. The number of carbonyl (C=O) groups is 2. The minimum absolute atomic E-state index is 0.0512. The monoisotopic (exact) mass is 678 g/mol. The lowest BCUT2D eigenvalue weighted by atomic mass is 10.1. The summed E-state index contributed by atoms with van der Waals surface area (Å²) in [6.45, 7) is 12.9. The molecule has 0 aliphatic carbocycles. The topological polar surface area (TPSA) is 134 Å². The molecule has 4 heterocycles. The normalized spacial score (nSPS) is 13.9. The van der Waals surface area contributed by atoms with Crippen LogP contribution in [0.25, 0.3) is 22.1 Å². The Kier molecular flexibility index (Phi) is 9.61. The van der Waals surface area contributed by atoms with Crippen LogP contribution in [0.5, 0.6) is 0 Å². The maximum Gasteiger partial charge on any atom is 0.298 e. The molecule has 13 heteroatoms. The number of rotatable bonds is 10. The molecular weight excluding hydrogens is 632 g/mol. The molecule has 0 radical (unpaired) electrons. The number of para-hydroxylation sites is 3. The van der Waals surface area contributed by atoms with Gasteiger partial charge in [0, 0.05) is 44.8 Å². The van der Waals surface area contributed by atoms with Gasteiger partial charge in [0.2, 0.25) is 11.2 Å². The third kappa shape index (κ3) is 6.06. The zero-order chi connectivity index (χ0) is 35.9. The number of aromatic nitrogens is 8. The summed E-state index contributed by atoms with van der Waals surface area (Å²) >= 11 is 0. The van der Waals surface area contributed by atoms with Gasteiger partial charge < -0.3 is 23.4 Å². The Morgan fingerprint density at radius 1 is 0.720 bits per heavy atom. The van der Waals surface area contributed by atoms with E-state index in [0.717, 1.165) is 45.4 Å². The standard InChI is InChI=1S/C37H46N10O3/c1-9-44-31(20-23(3)40-44)34(49)38-36-42(7)28-15-11-12-16-29(28)46(36)25(5)18-19-26(6)47-33-27(22-48)14-13-17-30(33)43(8)37(47)39-35(50)32-21-24(4)41-45(32)10-2/h11-17,20-21,25-26,48H,9-10,18-19,22H2,1-8H3/b38-36+,39-37+/t25-,26-/m1/s1. The molecule has 0 unspecified atom stereocenters. The zero-order valence-corrected chi connectivity index (χ0v) is 30.1. The molecule has 0 saturated carbocycles. The Morgan fingerprint density at radius 2 is 1.20 bits per heavy atom. The molecule has 2 atom stereocenters. The first-order valence-corrected chi connectivity index (χ1v) is 17.2. The summed E-state index contributed by atoms with van der Waals surface area (Å²) in [5, 5.41) is 19.3. The van der Waals surface area contributed by atoms with Crippen LogP contribution in [0.1, 0.15) is 90.5 Å². The molecule has 0 aliphatic heterocycles. The van der Waals surface area contributed by atoms with Crippen LogP contribution in [0.15, 0.2) is 64.6 Å². The van der Waals surface area contributed by atoms with Crippen LogP contribution in [0.3, 0.4) is 0 Å². The molecule has 262 valence electrons. The summed E-state index contributed by atoms with van der Waals surface area (Å²) in [5.74, 6) is -0.717. The zero-order valence-electron chi connectivity index (χ0n) is 30.1. The lowest BCUT2D eigenvalue weighted by Crippen LogP contribution is -2.30. The van der Waals surface area contributed by atoms with E-state index in [-0.39, 0.29) is 30.5 Å². The fourth-order valence-electron chi connectivity index (χ4n) is 7.02. The first-order chi connectivity index (χ1) is 24.0. The highest BCUT2D eigenvalue weighted by Crippen LogP contribution is 2.27. The fraction of sp³-hybridized carbons (Fsp3) is 0.405. The van der Waals surface area contributed by atoms with Gasteiger partial charge in [-0.1, -0.05) is 24.3 Å². The quantitative estimate of drug-likeness (QED) is 0.220. The van der Waals surface area contributed by atoms with Gasteiger partial charge in [0.25, 0.3) is 11.8 Å². The molecule has 0 bridgehead atoms. The molecule has 0 aliphatic rings. The maximum atomic E-state index is 13.7. The average molecular weight is 679 g/mol. The van der Waals surface area contributed by atoms with Crippen LogP contribution in [-0.2, 0) is 33.8 Å². The molecule has 0 fully saturated rings. The summed E-state index contributed by atoms with van der Waals surface area (Å²) in [4.78, 5) is 36.6. The van der Waals surface area contributed by atoms with Gasteiger partial charge in [-0.05, 0) is 84.7 Å². The molecule has 50 heavy (non-hydrogen) atoms. The molecule has 13 nitrogen and oxygen atoms in total. The molecular formula is C37H46N10O3. The predicted octanol–water partition coefficient (Wildman–Crippen LogP) is 4.90. The largest absolute Gasteiger partial charge is 0.392 e. The van der Waals surface area contributed by atoms with Crippen LogP contribution < -0.4 is 11.2 Å². The van der Waals surface area contributed by atoms with E-state index in [9.17, 15) is 14.7 Å². The van der Waals surface area contributed by atoms with Crippen LogP contribution >= 0.6 is 0 Å². The molecule has 6 aromatic rings. The first-order valence-electron chi connectivity index (χ1n) is 17.2. The van der Waals surface area contributed by atoms with Crippen molar-refractivity contribution in [1.82, 2.24) is 37.8 Å². The predicted molar refractivity (Wildman–Crippen MR) is 191 cm³/mol. The minimum Gasteiger partial charge on any atom is -0.392 e. The molecule has 2 amide bonds. The van der Waals surface area contributed by atoms with Gasteiger partial charge in [-0.15, -0.1) is 0 Å². The summed E-state index contributed by atoms with van der Waals surface area (Å²) in [6.07, 6.45) is 1.43. The smallest absolute Gasteiger partial charge is 0.298 e. The number of amides is 2. The highest BCUT2D eigenvalue weighted by molar-refractivity contribution is 5.94. The SMILES string of the molecule is CCn1nc(C)cc1C(=O)/N=c1\n(C)c2ccccc2n1[C@H](C)CC[C@@H](C)n1/c(=N/C(=O)c2cc(C)nn2CC)n(C)c2cccc(CO)c21.